The van der Waals surface area contributed by atoms with Crippen LogP contribution in [0, 0.1) is 5.41 Å². The Morgan fingerprint density at radius 1 is 1.00 bits per heavy atom. The molecule has 7 rings (SSSR count). The minimum Gasteiger partial charge on any atom is -0.392 e. The maximum Gasteiger partial charge on any atom is 0.280 e. The van der Waals surface area contributed by atoms with E-state index in [-0.39, 0.29) is 28.7 Å². The van der Waals surface area contributed by atoms with Crippen molar-refractivity contribution in [2.45, 2.75) is 52.7 Å². The zero-order valence-electron chi connectivity index (χ0n) is 29.7. The fourth-order valence-corrected chi connectivity index (χ4v) is 7.79. The van der Waals surface area contributed by atoms with Crippen LogP contribution in [0.4, 0.5) is 17.2 Å². The molecule has 0 spiro atoms. The van der Waals surface area contributed by atoms with Gasteiger partial charge in [0.1, 0.15) is 22.8 Å². The Morgan fingerprint density at radius 3 is 2.54 bits per heavy atom. The van der Waals surface area contributed by atoms with E-state index < -0.39 is 0 Å². The Hall–Kier alpha value is -4.78. The Bertz CT molecular complexity index is 2180. The summed E-state index contributed by atoms with van der Waals surface area (Å²) in [5.74, 6) is 0.891. The molecule has 12 heteroatoms. The minimum atomic E-state index is -0.354. The van der Waals surface area contributed by atoms with E-state index in [0.29, 0.717) is 46.1 Å². The molecule has 12 nitrogen and oxygen atoms in total. The van der Waals surface area contributed by atoms with E-state index in [9.17, 15) is 14.7 Å². The number of ether oxygens (including phenoxy) is 1. The molecule has 1 aliphatic heterocycles. The summed E-state index contributed by atoms with van der Waals surface area (Å²) in [5, 5.41) is 13.9. The summed E-state index contributed by atoms with van der Waals surface area (Å²) in [7, 11) is 3.42. The van der Waals surface area contributed by atoms with Gasteiger partial charge in [-0.15, -0.1) is 0 Å². The van der Waals surface area contributed by atoms with Gasteiger partial charge in [0.2, 0.25) is 0 Å². The van der Waals surface area contributed by atoms with Crippen LogP contribution in [0.1, 0.15) is 44.5 Å². The highest BCUT2D eigenvalue weighted by molar-refractivity contribution is 5.73. The number of aryl methyl sites for hydroxylation is 1. The third-order valence-electron chi connectivity index (χ3n) is 10.2. The number of piperazine rings is 1. The van der Waals surface area contributed by atoms with Gasteiger partial charge in [-0.1, -0.05) is 13.8 Å². The molecule has 50 heavy (non-hydrogen) atoms. The minimum absolute atomic E-state index is 0.0864. The molecule has 0 radical (unpaired) electrons. The Morgan fingerprint density at radius 2 is 1.82 bits per heavy atom. The van der Waals surface area contributed by atoms with E-state index >= 15 is 0 Å². The van der Waals surface area contributed by atoms with Crippen molar-refractivity contribution in [3.8, 4) is 16.9 Å². The summed E-state index contributed by atoms with van der Waals surface area (Å²) in [6.45, 7) is 13.0. The molecule has 2 aliphatic rings. The number of hydrogen-bond donors (Lipinski definition) is 2. The van der Waals surface area contributed by atoms with E-state index in [1.54, 1.807) is 44.9 Å². The summed E-state index contributed by atoms with van der Waals surface area (Å²) in [6, 6.07) is 9.45. The van der Waals surface area contributed by atoms with Crippen LogP contribution in [0.3, 0.4) is 0 Å². The molecule has 0 aromatic carbocycles. The standard InChI is InChI=1S/C38H46N8O4/c1-37(2)19-25-18-31-36(49)45(13-12-44(31)32(25)20-37)34-29(23-47)28(9-10-39-34)26-17-30(35(48)42(5)22-26)41-33-8-7-27(21-40-33)46-14-11-43(15-16-50-6)24-38(46,3)4/h7-10,12-13,17-18,21-22,47H,11,14-16,19-20,23-24H2,1-6H3,(H,40,41). The lowest BCUT2D eigenvalue weighted by molar-refractivity contribution is 0.119. The highest BCUT2D eigenvalue weighted by Gasteiger charge is 2.34. The fraction of sp³-hybridized carbons (Fsp3) is 0.421. The Balaban J connectivity index is 1.17. The van der Waals surface area contributed by atoms with Gasteiger partial charge in [0.05, 0.1) is 25.1 Å². The summed E-state index contributed by atoms with van der Waals surface area (Å²) in [5.41, 5.74) is 5.81. The number of nitrogens with zero attached hydrogens (tertiary/aromatic N) is 7. The van der Waals surface area contributed by atoms with E-state index in [0.717, 1.165) is 44.7 Å². The van der Waals surface area contributed by atoms with Gasteiger partial charge in [-0.3, -0.25) is 19.1 Å². The second kappa shape index (κ2) is 12.8. The molecular formula is C38H46N8O4. The zero-order chi connectivity index (χ0) is 35.4. The molecule has 5 aromatic heterocycles. The van der Waals surface area contributed by atoms with Crippen LogP contribution >= 0.6 is 0 Å². The zero-order valence-corrected chi connectivity index (χ0v) is 29.7. The summed E-state index contributed by atoms with van der Waals surface area (Å²) in [6.07, 6.45) is 10.6. The normalized spacial score (nSPS) is 17.0. The number of aromatic nitrogens is 5. The van der Waals surface area contributed by atoms with E-state index in [1.807, 2.05) is 35.0 Å². The molecule has 5 aromatic rings. The van der Waals surface area contributed by atoms with Gasteiger partial charge in [-0.25, -0.2) is 9.97 Å². The maximum atomic E-state index is 13.8. The van der Waals surface area contributed by atoms with Gasteiger partial charge in [-0.05, 0) is 73.6 Å². The lowest BCUT2D eigenvalue weighted by Gasteiger charge is -2.48. The third kappa shape index (κ3) is 6.12. The predicted molar refractivity (Wildman–Crippen MR) is 196 cm³/mol. The van der Waals surface area contributed by atoms with Crippen molar-refractivity contribution in [2.24, 2.45) is 12.5 Å². The summed E-state index contributed by atoms with van der Waals surface area (Å²) in [4.78, 5) is 41.2. The maximum absolute atomic E-state index is 13.8. The lowest BCUT2D eigenvalue weighted by atomic mass is 9.90. The molecule has 0 amide bonds. The quantitative estimate of drug-likeness (QED) is 0.237. The van der Waals surface area contributed by atoms with Crippen molar-refractivity contribution in [1.29, 1.82) is 0 Å². The molecule has 262 valence electrons. The SMILES string of the molecule is COCCN1CCN(c2ccc(Nc3cc(-c4ccnc(-n5ccn6c7c(cc6c5=O)CC(C)(C)C7)c4CO)cn(C)c3=O)nc2)C(C)(C)C1. The van der Waals surface area contributed by atoms with Gasteiger partial charge in [0.15, 0.2) is 0 Å². The average molecular weight is 679 g/mol. The first-order chi connectivity index (χ1) is 23.9. The van der Waals surface area contributed by atoms with Crippen molar-refractivity contribution < 1.29 is 9.84 Å². The molecule has 1 aliphatic carbocycles. The molecule has 0 atom stereocenters. The van der Waals surface area contributed by atoms with Crippen LogP contribution < -0.4 is 21.3 Å². The third-order valence-corrected chi connectivity index (χ3v) is 10.2. The first-order valence-electron chi connectivity index (χ1n) is 17.2. The van der Waals surface area contributed by atoms with Crippen LogP contribution in [0.15, 0.2) is 70.9 Å². The van der Waals surface area contributed by atoms with Gasteiger partial charge >= 0.3 is 0 Å². The van der Waals surface area contributed by atoms with Crippen LogP contribution in [0.2, 0.25) is 0 Å². The van der Waals surface area contributed by atoms with Gasteiger partial charge in [0, 0.05) is 87.5 Å². The van der Waals surface area contributed by atoms with Crippen molar-refractivity contribution in [1.82, 2.24) is 28.4 Å². The van der Waals surface area contributed by atoms with Crippen molar-refractivity contribution >= 4 is 22.7 Å². The number of hydrogen-bond acceptors (Lipinski definition) is 9. The first-order valence-corrected chi connectivity index (χ1v) is 17.2. The largest absolute Gasteiger partial charge is 0.392 e. The van der Waals surface area contributed by atoms with Crippen molar-refractivity contribution in [3.05, 3.63) is 98.8 Å². The van der Waals surface area contributed by atoms with Crippen LogP contribution in [-0.4, -0.2) is 78.9 Å². The Kier molecular flexibility index (Phi) is 8.65. The lowest BCUT2D eigenvalue weighted by Crippen LogP contribution is -2.60. The van der Waals surface area contributed by atoms with E-state index in [1.165, 1.54) is 20.4 Å². The molecule has 0 saturated carbocycles. The van der Waals surface area contributed by atoms with E-state index in [4.69, 9.17) is 4.74 Å². The number of methoxy groups -OCH3 is 1. The van der Waals surface area contributed by atoms with Crippen molar-refractivity contribution in [3.63, 3.8) is 0 Å². The average Bonchev–Trinajstić information content (AvgIpc) is 3.57. The molecule has 1 fully saturated rings. The number of nitrogens with one attached hydrogen (secondary N) is 1. The van der Waals surface area contributed by atoms with Crippen LogP contribution in [0.5, 0.6) is 0 Å². The Labute approximate surface area is 291 Å². The molecule has 1 saturated heterocycles. The number of aliphatic hydroxyl groups excluding tert-OH is 1. The number of pyridine rings is 3. The number of rotatable bonds is 9. The second-order valence-electron chi connectivity index (χ2n) is 15.0. The number of anilines is 3. The fourth-order valence-electron chi connectivity index (χ4n) is 7.79. The number of aliphatic hydroxyl groups is 1. The molecule has 6 heterocycles. The molecule has 2 N–H and O–H groups in total. The molecule has 0 unspecified atom stereocenters. The smallest absolute Gasteiger partial charge is 0.280 e. The molecular weight excluding hydrogens is 632 g/mol. The van der Waals surface area contributed by atoms with E-state index in [2.05, 4.69) is 52.8 Å². The van der Waals surface area contributed by atoms with Crippen LogP contribution in [-0.2, 0) is 31.2 Å². The van der Waals surface area contributed by atoms with Gasteiger partial charge in [0.25, 0.3) is 11.1 Å². The monoisotopic (exact) mass is 678 g/mol. The van der Waals surface area contributed by atoms with Crippen molar-refractivity contribution in [2.75, 3.05) is 50.1 Å². The topological polar surface area (TPSA) is 122 Å². The van der Waals surface area contributed by atoms with Gasteiger partial charge in [-0.2, -0.15) is 0 Å². The number of fused-ring (bicyclic) bond motifs is 3. The van der Waals surface area contributed by atoms with Crippen LogP contribution in [0.25, 0.3) is 22.5 Å². The second-order valence-corrected chi connectivity index (χ2v) is 15.0. The first kappa shape index (κ1) is 33.7. The molecule has 0 bridgehead atoms. The highest BCUT2D eigenvalue weighted by Crippen LogP contribution is 2.37. The summed E-state index contributed by atoms with van der Waals surface area (Å²) < 4.78 is 10.3. The predicted octanol–water partition coefficient (Wildman–Crippen LogP) is 4.15. The summed E-state index contributed by atoms with van der Waals surface area (Å²) >= 11 is 0. The highest BCUT2D eigenvalue weighted by atomic mass is 16.5. The van der Waals surface area contributed by atoms with Gasteiger partial charge < -0.3 is 29.0 Å².